The number of aromatic hydroxyl groups is 2. The van der Waals surface area contributed by atoms with Gasteiger partial charge in [-0.15, -0.1) is 23.1 Å². The molecule has 5 rings (SSSR count). The minimum Gasteiger partial charge on any atom is -0.503 e. The summed E-state index contributed by atoms with van der Waals surface area (Å²) in [6.07, 6.45) is 1.44. The van der Waals surface area contributed by atoms with Gasteiger partial charge < -0.3 is 40.8 Å². The summed E-state index contributed by atoms with van der Waals surface area (Å²) in [4.78, 5) is 59.6. The van der Waals surface area contributed by atoms with Gasteiger partial charge in [0.2, 0.25) is 6.10 Å². The molecule has 0 saturated carbocycles. The van der Waals surface area contributed by atoms with Crippen LogP contribution in [-0.2, 0) is 24.0 Å². The van der Waals surface area contributed by atoms with Crippen molar-refractivity contribution in [1.29, 1.82) is 0 Å². The number of aliphatic carboxylic acids is 2. The van der Waals surface area contributed by atoms with Crippen molar-refractivity contribution in [3.05, 3.63) is 56.4 Å². The quantitative estimate of drug-likeness (QED) is 0.0766. The molecule has 16 nitrogen and oxygen atoms in total. The number of thiazole rings is 1. The van der Waals surface area contributed by atoms with Crippen LogP contribution < -0.4 is 11.1 Å². The van der Waals surface area contributed by atoms with E-state index >= 15 is 0 Å². The number of carboxylic acids is 2. The van der Waals surface area contributed by atoms with Gasteiger partial charge in [0.15, 0.2) is 28.1 Å². The number of benzene rings is 1. The largest absolute Gasteiger partial charge is 0.503 e. The van der Waals surface area contributed by atoms with Crippen molar-refractivity contribution in [2.45, 2.75) is 24.4 Å². The molecule has 0 spiro atoms. The molecule has 1 fully saturated rings. The molecular weight excluding hydrogens is 691 g/mol. The Morgan fingerprint density at radius 3 is 2.63 bits per heavy atom. The minimum atomic E-state index is -1.40. The predicted molar refractivity (Wildman–Crippen MR) is 165 cm³/mol. The van der Waals surface area contributed by atoms with Crippen LogP contribution in [0.15, 0.2) is 44.5 Å². The zero-order valence-electron chi connectivity index (χ0n) is 23.0. The van der Waals surface area contributed by atoms with E-state index in [9.17, 15) is 34.5 Å². The van der Waals surface area contributed by atoms with Gasteiger partial charge in [0.05, 0.1) is 10.0 Å². The number of nitrogens with zero attached hydrogens (tertiary/aromatic N) is 4. The van der Waals surface area contributed by atoms with Crippen LogP contribution in [0.4, 0.5) is 5.13 Å². The van der Waals surface area contributed by atoms with Crippen LogP contribution in [0, 0.1) is 0 Å². The summed E-state index contributed by atoms with van der Waals surface area (Å²) in [5, 5.41) is 49.1. The first-order valence-electron chi connectivity index (χ1n) is 12.7. The number of oxime groups is 1. The van der Waals surface area contributed by atoms with Gasteiger partial charge in [-0.3, -0.25) is 14.5 Å². The number of hydrogen-bond donors (Lipinski definition) is 6. The molecule has 0 radical (unpaired) electrons. The molecule has 2 aromatic heterocycles. The SMILES string of the molecule is CC(O/N=C(\C(=O)NC1C(=O)N2C(C(=O)O)=C(/C=C/c3cc(-c4cc(Cl)c(O)c(O)c4Cl)no3)CSC12)c1csc(N)n1)C(=O)O. The number of carboxylic acid groups (broad SMARTS) is 2. The van der Waals surface area contributed by atoms with Gasteiger partial charge in [-0.25, -0.2) is 14.6 Å². The zero-order chi connectivity index (χ0) is 33.4. The number of nitrogens with two attached hydrogens (primary N) is 1. The molecule has 3 atom stereocenters. The number of rotatable bonds is 10. The van der Waals surface area contributed by atoms with Crippen LogP contribution in [0.25, 0.3) is 17.3 Å². The van der Waals surface area contributed by atoms with E-state index in [4.69, 9.17) is 43.4 Å². The number of thioether (sulfide) groups is 1. The fourth-order valence-electron chi connectivity index (χ4n) is 4.23. The van der Waals surface area contributed by atoms with E-state index in [1.165, 1.54) is 48.4 Å². The number of hydrogen-bond acceptors (Lipinski definition) is 14. The van der Waals surface area contributed by atoms with Crippen molar-refractivity contribution in [2.24, 2.45) is 5.16 Å². The number of carbonyl (C=O) groups excluding carboxylic acids is 2. The maximum Gasteiger partial charge on any atom is 0.352 e. The molecule has 2 amide bonds. The lowest BCUT2D eigenvalue weighted by Crippen LogP contribution is -2.71. The summed E-state index contributed by atoms with van der Waals surface area (Å²) in [5.41, 5.74) is 5.48. The lowest BCUT2D eigenvalue weighted by atomic mass is 10.0. The van der Waals surface area contributed by atoms with Gasteiger partial charge in [-0.2, -0.15) is 0 Å². The van der Waals surface area contributed by atoms with Gasteiger partial charge in [0.1, 0.15) is 28.5 Å². The summed E-state index contributed by atoms with van der Waals surface area (Å²) in [7, 11) is 0. The molecule has 0 bridgehead atoms. The Hall–Kier alpha value is -4.78. The standard InChI is InChI=1S/C26H20Cl2N6O10S2/c1-8(24(39)40)43-33-16(14-7-46-26(29)30-14)21(37)31-17-22(38)34-18(25(41)42)9(6-45-23(17)34)2-3-10-4-13(32-44-10)11-5-12(27)19(35)20(36)15(11)28/h2-5,7-8,17,23,35-36H,6H2,1H3,(H2,29,30)(H,31,37)(H,39,40)(H,41,42)/b3-2+,33-16-. The molecule has 7 N–H and O–H groups in total. The van der Waals surface area contributed by atoms with Crippen molar-refractivity contribution in [1.82, 2.24) is 20.4 Å². The number of β-lactam (4-membered cyclic amide) rings is 1. The van der Waals surface area contributed by atoms with Crippen LogP contribution >= 0.6 is 46.3 Å². The number of nitrogen functional groups attached to an aromatic ring is 1. The van der Waals surface area contributed by atoms with Gasteiger partial charge in [-0.1, -0.05) is 39.6 Å². The van der Waals surface area contributed by atoms with Crippen molar-refractivity contribution in [3.63, 3.8) is 0 Å². The number of amides is 2. The normalized spacial score (nSPS) is 18.7. The molecule has 46 heavy (non-hydrogen) atoms. The number of fused-ring (bicyclic) bond motifs is 1. The molecule has 2 aliphatic rings. The van der Waals surface area contributed by atoms with Crippen molar-refractivity contribution in [2.75, 3.05) is 11.5 Å². The van der Waals surface area contributed by atoms with Crippen LogP contribution in [0.5, 0.6) is 11.5 Å². The highest BCUT2D eigenvalue weighted by atomic mass is 35.5. The van der Waals surface area contributed by atoms with E-state index in [2.05, 4.69) is 20.6 Å². The topological polar surface area (TPSA) is 251 Å². The van der Waals surface area contributed by atoms with E-state index in [0.29, 0.717) is 0 Å². The zero-order valence-corrected chi connectivity index (χ0v) is 26.1. The molecule has 2 aliphatic heterocycles. The summed E-state index contributed by atoms with van der Waals surface area (Å²) >= 11 is 14.2. The van der Waals surface area contributed by atoms with Gasteiger partial charge >= 0.3 is 11.9 Å². The molecule has 0 aliphatic carbocycles. The van der Waals surface area contributed by atoms with E-state index in [1.54, 1.807) is 0 Å². The highest BCUT2D eigenvalue weighted by molar-refractivity contribution is 8.00. The summed E-state index contributed by atoms with van der Waals surface area (Å²) in [5.74, 6) is -5.31. The Kier molecular flexibility index (Phi) is 9.15. The monoisotopic (exact) mass is 710 g/mol. The second kappa shape index (κ2) is 12.9. The lowest BCUT2D eigenvalue weighted by molar-refractivity contribution is -0.150. The van der Waals surface area contributed by atoms with Crippen molar-refractivity contribution >= 4 is 87.0 Å². The first-order chi connectivity index (χ1) is 21.8. The number of nitrogens with one attached hydrogen (secondary N) is 1. The Bertz CT molecular complexity index is 1870. The number of allylic oxidation sites excluding steroid dienone is 1. The van der Waals surface area contributed by atoms with Crippen molar-refractivity contribution in [3.8, 4) is 22.8 Å². The third kappa shape index (κ3) is 6.19. The number of phenols is 2. The van der Waals surface area contributed by atoms with Crippen LogP contribution in [-0.4, -0.2) is 88.2 Å². The number of phenolic OH excluding ortho intramolecular Hbond substituents is 2. The Morgan fingerprint density at radius 1 is 1.24 bits per heavy atom. The molecule has 4 heterocycles. The Balaban J connectivity index is 1.34. The van der Waals surface area contributed by atoms with E-state index in [1.807, 2.05) is 0 Å². The third-order valence-corrected chi connectivity index (χ3v) is 9.18. The number of anilines is 1. The summed E-state index contributed by atoms with van der Waals surface area (Å²) in [6, 6.07) is 1.56. The first kappa shape index (κ1) is 32.6. The van der Waals surface area contributed by atoms with E-state index in [-0.39, 0.29) is 54.9 Å². The van der Waals surface area contributed by atoms with Crippen molar-refractivity contribution < 1.29 is 49.0 Å². The molecule has 20 heteroatoms. The Morgan fingerprint density at radius 2 is 1.98 bits per heavy atom. The number of halogens is 2. The summed E-state index contributed by atoms with van der Waals surface area (Å²) in [6.45, 7) is 1.20. The maximum absolute atomic E-state index is 13.2. The third-order valence-electron chi connectivity index (χ3n) is 6.54. The molecule has 1 saturated heterocycles. The smallest absolute Gasteiger partial charge is 0.352 e. The van der Waals surface area contributed by atoms with E-state index < -0.39 is 58.5 Å². The maximum atomic E-state index is 13.2. The fraction of sp³-hybridized carbons (Fsp3) is 0.192. The fourth-order valence-corrected chi connectivity index (χ4v) is 6.53. The second-order valence-electron chi connectivity index (χ2n) is 9.50. The predicted octanol–water partition coefficient (Wildman–Crippen LogP) is 2.74. The van der Waals surface area contributed by atoms with Gasteiger partial charge in [-0.05, 0) is 24.6 Å². The van der Waals surface area contributed by atoms with Gasteiger partial charge in [0.25, 0.3) is 11.8 Å². The Labute approximate surface area is 275 Å². The number of carbonyl (C=O) groups is 4. The lowest BCUT2D eigenvalue weighted by Gasteiger charge is -2.49. The molecular formula is C26H20Cl2N6O10S2. The number of aromatic nitrogens is 2. The average Bonchev–Trinajstić information content (AvgIpc) is 3.67. The van der Waals surface area contributed by atoms with E-state index in [0.717, 1.165) is 16.2 Å². The van der Waals surface area contributed by atoms with Crippen LogP contribution in [0.2, 0.25) is 10.0 Å². The first-order valence-corrected chi connectivity index (χ1v) is 15.4. The van der Waals surface area contributed by atoms with Crippen LogP contribution in [0.3, 0.4) is 0 Å². The highest BCUT2D eigenvalue weighted by Crippen LogP contribution is 2.45. The molecule has 240 valence electrons. The van der Waals surface area contributed by atoms with Gasteiger partial charge in [0, 0.05) is 22.8 Å². The highest BCUT2D eigenvalue weighted by Gasteiger charge is 2.54. The molecule has 1 aromatic carbocycles. The molecule has 3 unspecified atom stereocenters. The second-order valence-corrected chi connectivity index (χ2v) is 12.3. The van der Waals surface area contributed by atoms with Crippen LogP contribution in [0.1, 0.15) is 18.4 Å². The minimum absolute atomic E-state index is 0.0146. The summed E-state index contributed by atoms with van der Waals surface area (Å²) < 4.78 is 5.27. The average molecular weight is 712 g/mol. The molecule has 3 aromatic rings.